The largest absolute Gasteiger partial charge is 0.454 e. The third-order valence-electron chi connectivity index (χ3n) is 6.30. The highest BCUT2D eigenvalue weighted by molar-refractivity contribution is 5.86. The van der Waals surface area contributed by atoms with Crippen LogP contribution in [0.1, 0.15) is 42.4 Å². The Bertz CT molecular complexity index is 1250. The monoisotopic (exact) mass is 440 g/mol. The minimum absolute atomic E-state index is 0.0300. The van der Waals surface area contributed by atoms with Gasteiger partial charge in [0.15, 0.2) is 11.5 Å². The molecule has 33 heavy (non-hydrogen) atoms. The van der Waals surface area contributed by atoms with Gasteiger partial charge in [-0.3, -0.25) is 4.79 Å². The number of rotatable bonds is 8. The van der Waals surface area contributed by atoms with Crippen LogP contribution in [-0.4, -0.2) is 23.7 Å². The fraction of sp³-hybridized carbons (Fsp3) is 0.250. The first-order chi connectivity index (χ1) is 16.2. The van der Waals surface area contributed by atoms with E-state index in [2.05, 4.69) is 53.6 Å². The molecule has 2 atom stereocenters. The van der Waals surface area contributed by atoms with E-state index in [0.717, 1.165) is 46.4 Å². The number of aromatic nitrogens is 1. The number of fused-ring (bicyclic) bond motifs is 2. The molecule has 1 amide bonds. The molecule has 1 aliphatic rings. The van der Waals surface area contributed by atoms with E-state index in [1.807, 2.05) is 42.6 Å². The molecule has 0 aliphatic carbocycles. The predicted octanol–water partition coefficient (Wildman–Crippen LogP) is 5.56. The van der Waals surface area contributed by atoms with Gasteiger partial charge in [-0.2, -0.15) is 0 Å². The molecule has 1 aliphatic heterocycles. The number of H-pyrrole nitrogens is 1. The van der Waals surface area contributed by atoms with Gasteiger partial charge in [-0.1, -0.05) is 60.7 Å². The Morgan fingerprint density at radius 1 is 0.970 bits per heavy atom. The molecule has 2 unspecified atom stereocenters. The first kappa shape index (κ1) is 21.1. The number of ether oxygens (including phenoxy) is 2. The van der Waals surface area contributed by atoms with Gasteiger partial charge < -0.3 is 19.8 Å². The number of amides is 1. The normalized spacial score (nSPS) is 14.2. The van der Waals surface area contributed by atoms with Crippen molar-refractivity contribution in [1.82, 2.24) is 10.3 Å². The molecule has 0 fully saturated rings. The van der Waals surface area contributed by atoms with Crippen molar-refractivity contribution in [1.29, 1.82) is 0 Å². The lowest BCUT2D eigenvalue weighted by atomic mass is 9.87. The summed E-state index contributed by atoms with van der Waals surface area (Å²) in [5.74, 6) is 1.34. The van der Waals surface area contributed by atoms with Crippen molar-refractivity contribution in [3.05, 3.63) is 95.7 Å². The highest BCUT2D eigenvalue weighted by atomic mass is 16.7. The molecule has 0 radical (unpaired) electrons. The number of nitrogens with one attached hydrogen (secondary N) is 2. The van der Waals surface area contributed by atoms with E-state index in [4.69, 9.17) is 9.47 Å². The van der Waals surface area contributed by atoms with E-state index in [1.165, 1.54) is 5.56 Å². The third-order valence-corrected chi connectivity index (χ3v) is 6.30. The zero-order valence-corrected chi connectivity index (χ0v) is 18.7. The number of aromatic amines is 1. The van der Waals surface area contributed by atoms with Gasteiger partial charge in [-0.05, 0) is 43.0 Å². The number of carbonyl (C=O) groups is 1. The van der Waals surface area contributed by atoms with E-state index in [-0.39, 0.29) is 24.7 Å². The molecule has 1 aromatic heterocycles. The maximum atomic E-state index is 13.2. The highest BCUT2D eigenvalue weighted by Crippen LogP contribution is 2.44. The predicted molar refractivity (Wildman–Crippen MR) is 130 cm³/mol. The first-order valence-electron chi connectivity index (χ1n) is 11.5. The molecule has 0 spiro atoms. The fourth-order valence-corrected chi connectivity index (χ4v) is 4.62. The zero-order chi connectivity index (χ0) is 22.6. The van der Waals surface area contributed by atoms with Crippen LogP contribution in [0.5, 0.6) is 11.5 Å². The van der Waals surface area contributed by atoms with E-state index in [9.17, 15) is 4.79 Å². The number of carbonyl (C=O) groups excluding carboxylic acids is 1. The summed E-state index contributed by atoms with van der Waals surface area (Å²) in [7, 11) is 0. The lowest BCUT2D eigenvalue weighted by Crippen LogP contribution is -2.33. The maximum Gasteiger partial charge on any atom is 0.231 e. The summed E-state index contributed by atoms with van der Waals surface area (Å²) in [5, 5.41) is 4.32. The second kappa shape index (κ2) is 9.41. The molecule has 0 saturated heterocycles. The Kier molecular flexibility index (Phi) is 6.03. The van der Waals surface area contributed by atoms with Crippen LogP contribution >= 0.6 is 0 Å². The van der Waals surface area contributed by atoms with Crippen molar-refractivity contribution in [2.75, 3.05) is 6.79 Å². The van der Waals surface area contributed by atoms with Gasteiger partial charge in [0, 0.05) is 41.0 Å². The lowest BCUT2D eigenvalue weighted by molar-refractivity contribution is -0.121. The van der Waals surface area contributed by atoms with Gasteiger partial charge in [0.25, 0.3) is 0 Å². The Hall–Kier alpha value is -3.73. The molecule has 5 heteroatoms. The van der Waals surface area contributed by atoms with Crippen LogP contribution in [0.25, 0.3) is 10.9 Å². The van der Waals surface area contributed by atoms with Gasteiger partial charge in [-0.25, -0.2) is 0 Å². The van der Waals surface area contributed by atoms with Gasteiger partial charge in [0.05, 0.1) is 0 Å². The van der Waals surface area contributed by atoms with Crippen molar-refractivity contribution in [2.24, 2.45) is 0 Å². The molecule has 2 N–H and O–H groups in total. The summed E-state index contributed by atoms with van der Waals surface area (Å²) in [6, 6.07) is 24.5. The van der Waals surface area contributed by atoms with E-state index in [1.54, 1.807) is 0 Å². The SMILES string of the molecule is CC(CCc1ccccc1)NC(=O)CC(c1cccc2c1OCO2)c1c[nH]c2ccccc12. The quantitative estimate of drug-likeness (QED) is 0.377. The van der Waals surface area contributed by atoms with Crippen LogP contribution in [0, 0.1) is 0 Å². The van der Waals surface area contributed by atoms with Crippen molar-refractivity contribution in [2.45, 2.75) is 38.1 Å². The topological polar surface area (TPSA) is 63.4 Å². The summed E-state index contributed by atoms with van der Waals surface area (Å²) in [4.78, 5) is 16.5. The van der Waals surface area contributed by atoms with Crippen LogP contribution in [0.3, 0.4) is 0 Å². The van der Waals surface area contributed by atoms with Gasteiger partial charge in [-0.15, -0.1) is 0 Å². The molecule has 0 bridgehead atoms. The van der Waals surface area contributed by atoms with Crippen molar-refractivity contribution in [3.63, 3.8) is 0 Å². The smallest absolute Gasteiger partial charge is 0.231 e. The van der Waals surface area contributed by atoms with Crippen molar-refractivity contribution >= 4 is 16.8 Å². The molecule has 2 heterocycles. The first-order valence-corrected chi connectivity index (χ1v) is 11.5. The molecular weight excluding hydrogens is 412 g/mol. The Morgan fingerprint density at radius 3 is 2.67 bits per heavy atom. The number of benzene rings is 3. The third kappa shape index (κ3) is 4.58. The van der Waals surface area contributed by atoms with Crippen LogP contribution in [0.15, 0.2) is 79.0 Å². The Labute approximate surface area is 193 Å². The maximum absolute atomic E-state index is 13.2. The average Bonchev–Trinajstić information content (AvgIpc) is 3.49. The van der Waals surface area contributed by atoms with E-state index in [0.29, 0.717) is 6.42 Å². The molecule has 3 aromatic carbocycles. The molecule has 5 nitrogen and oxygen atoms in total. The van der Waals surface area contributed by atoms with Crippen LogP contribution in [-0.2, 0) is 11.2 Å². The summed E-state index contributed by atoms with van der Waals surface area (Å²) < 4.78 is 11.4. The molecule has 5 rings (SSSR count). The number of para-hydroxylation sites is 2. The second-order valence-corrected chi connectivity index (χ2v) is 8.62. The number of aryl methyl sites for hydroxylation is 1. The summed E-state index contributed by atoms with van der Waals surface area (Å²) >= 11 is 0. The minimum atomic E-state index is -0.154. The number of hydrogen-bond donors (Lipinski definition) is 2. The standard InChI is InChI=1S/C28H28N2O3/c1-19(14-15-20-8-3-2-4-9-20)30-27(31)16-23(22-11-7-13-26-28(22)33-18-32-26)24-17-29-25-12-6-5-10-21(24)25/h2-13,17,19,23,29H,14-16,18H2,1H3,(H,30,31). The van der Waals surface area contributed by atoms with Crippen LogP contribution < -0.4 is 14.8 Å². The minimum Gasteiger partial charge on any atom is -0.454 e. The average molecular weight is 441 g/mol. The summed E-state index contributed by atoms with van der Waals surface area (Å²) in [6.45, 7) is 2.27. The summed E-state index contributed by atoms with van der Waals surface area (Å²) in [6.07, 6.45) is 4.17. The number of hydrogen-bond acceptors (Lipinski definition) is 3. The molecular formula is C28H28N2O3. The van der Waals surface area contributed by atoms with Crippen LogP contribution in [0.4, 0.5) is 0 Å². The summed E-state index contributed by atoms with van der Waals surface area (Å²) in [5.41, 5.74) is 4.40. The molecule has 0 saturated carbocycles. The van der Waals surface area contributed by atoms with Crippen molar-refractivity contribution < 1.29 is 14.3 Å². The molecule has 4 aromatic rings. The zero-order valence-electron chi connectivity index (χ0n) is 18.7. The van der Waals surface area contributed by atoms with E-state index >= 15 is 0 Å². The van der Waals surface area contributed by atoms with Gasteiger partial charge in [0.2, 0.25) is 12.7 Å². The fourth-order valence-electron chi connectivity index (χ4n) is 4.62. The van der Waals surface area contributed by atoms with E-state index < -0.39 is 0 Å². The van der Waals surface area contributed by atoms with Gasteiger partial charge in [0.1, 0.15) is 0 Å². The van der Waals surface area contributed by atoms with Crippen LogP contribution in [0.2, 0.25) is 0 Å². The second-order valence-electron chi connectivity index (χ2n) is 8.62. The Morgan fingerprint density at radius 2 is 1.79 bits per heavy atom. The van der Waals surface area contributed by atoms with Crippen molar-refractivity contribution in [3.8, 4) is 11.5 Å². The van der Waals surface area contributed by atoms with Gasteiger partial charge >= 0.3 is 0 Å². The molecule has 168 valence electrons. The Balaban J connectivity index is 1.37. The lowest BCUT2D eigenvalue weighted by Gasteiger charge is -2.20. The highest BCUT2D eigenvalue weighted by Gasteiger charge is 2.28.